The summed E-state index contributed by atoms with van der Waals surface area (Å²) < 4.78 is 5.68. The predicted octanol–water partition coefficient (Wildman–Crippen LogP) is 4.75. The van der Waals surface area contributed by atoms with Crippen molar-refractivity contribution in [3.8, 4) is 5.75 Å². The van der Waals surface area contributed by atoms with Crippen molar-refractivity contribution in [3.63, 3.8) is 0 Å². The second-order valence-corrected chi connectivity index (χ2v) is 5.13. The molecular formula is C18H24N2O. The molecule has 0 aliphatic heterocycles. The van der Waals surface area contributed by atoms with Crippen LogP contribution in [0.2, 0.25) is 0 Å². The maximum absolute atomic E-state index is 5.95. The molecule has 0 heterocycles. The first-order chi connectivity index (χ1) is 10.2. The van der Waals surface area contributed by atoms with Crippen LogP contribution in [0.5, 0.6) is 5.75 Å². The molecule has 0 atom stereocenters. The third-order valence-electron chi connectivity index (χ3n) is 3.29. The number of para-hydroxylation sites is 1. The Bertz CT molecular complexity index is 581. The van der Waals surface area contributed by atoms with Gasteiger partial charge in [-0.05, 0) is 36.6 Å². The molecule has 0 saturated heterocycles. The molecule has 0 radical (unpaired) electrons. The Morgan fingerprint density at radius 3 is 2.62 bits per heavy atom. The molecule has 0 aliphatic rings. The summed E-state index contributed by atoms with van der Waals surface area (Å²) in [5, 5.41) is 3.47. The number of ether oxygens (including phenoxy) is 1. The summed E-state index contributed by atoms with van der Waals surface area (Å²) in [6.45, 7) is 4.95. The zero-order chi connectivity index (χ0) is 15.1. The number of hydrogen-bond acceptors (Lipinski definition) is 3. The van der Waals surface area contributed by atoms with Gasteiger partial charge < -0.3 is 15.8 Å². The molecule has 0 bridgehead atoms. The zero-order valence-electron chi connectivity index (χ0n) is 12.9. The highest BCUT2D eigenvalue weighted by Gasteiger charge is 2.05. The molecule has 21 heavy (non-hydrogen) atoms. The van der Waals surface area contributed by atoms with Gasteiger partial charge in [-0.15, -0.1) is 0 Å². The van der Waals surface area contributed by atoms with Crippen LogP contribution in [0.15, 0.2) is 42.5 Å². The number of rotatable bonds is 7. The summed E-state index contributed by atoms with van der Waals surface area (Å²) in [5.74, 6) is 0.745. The van der Waals surface area contributed by atoms with Crippen molar-refractivity contribution >= 4 is 17.1 Å². The smallest absolute Gasteiger partial charge is 0.144 e. The fraction of sp³-hybridized carbons (Fsp3) is 0.333. The first-order valence-electron chi connectivity index (χ1n) is 7.61. The van der Waals surface area contributed by atoms with Gasteiger partial charge in [-0.25, -0.2) is 0 Å². The molecule has 0 aliphatic carbocycles. The normalized spacial score (nSPS) is 10.4. The number of anilines is 3. The molecule has 112 valence electrons. The molecule has 2 aromatic carbocycles. The van der Waals surface area contributed by atoms with Gasteiger partial charge in [0.05, 0.1) is 12.3 Å². The fourth-order valence-electron chi connectivity index (χ4n) is 2.23. The average molecular weight is 284 g/mol. The highest BCUT2D eigenvalue weighted by atomic mass is 16.5. The minimum atomic E-state index is 0.677. The lowest BCUT2D eigenvalue weighted by atomic mass is 10.1. The highest BCUT2D eigenvalue weighted by molar-refractivity contribution is 5.68. The third-order valence-corrected chi connectivity index (χ3v) is 3.29. The van der Waals surface area contributed by atoms with Crippen LogP contribution in [-0.2, 0) is 6.42 Å². The van der Waals surface area contributed by atoms with Gasteiger partial charge in [-0.1, -0.05) is 38.5 Å². The molecular weight excluding hydrogens is 260 g/mol. The number of nitrogens with one attached hydrogen (secondary N) is 1. The van der Waals surface area contributed by atoms with E-state index in [1.54, 1.807) is 0 Å². The number of hydrogen-bond donors (Lipinski definition) is 2. The predicted molar refractivity (Wildman–Crippen MR) is 90.4 cm³/mol. The minimum absolute atomic E-state index is 0.677. The van der Waals surface area contributed by atoms with E-state index in [1.807, 2.05) is 24.3 Å². The lowest BCUT2D eigenvalue weighted by molar-refractivity contribution is 0.319. The van der Waals surface area contributed by atoms with Crippen molar-refractivity contribution in [2.24, 2.45) is 0 Å². The Hall–Kier alpha value is -2.16. The highest BCUT2D eigenvalue weighted by Crippen LogP contribution is 2.29. The molecule has 0 spiro atoms. The van der Waals surface area contributed by atoms with Crippen molar-refractivity contribution in [2.75, 3.05) is 17.7 Å². The lowest BCUT2D eigenvalue weighted by Crippen LogP contribution is -2.01. The van der Waals surface area contributed by atoms with Crippen LogP contribution in [0.4, 0.5) is 17.1 Å². The van der Waals surface area contributed by atoms with E-state index in [-0.39, 0.29) is 0 Å². The lowest BCUT2D eigenvalue weighted by Gasteiger charge is -2.14. The summed E-state index contributed by atoms with van der Waals surface area (Å²) in [6.07, 6.45) is 3.17. The number of aryl methyl sites for hydroxylation is 1. The van der Waals surface area contributed by atoms with Gasteiger partial charge >= 0.3 is 0 Å². The molecule has 2 aromatic rings. The Labute approximate surface area is 127 Å². The largest absolute Gasteiger partial charge is 0.491 e. The number of nitrogen functional groups attached to an aromatic ring is 1. The summed E-state index contributed by atoms with van der Waals surface area (Å²) in [4.78, 5) is 0. The summed E-state index contributed by atoms with van der Waals surface area (Å²) in [7, 11) is 0. The Balaban J connectivity index is 2.19. The Morgan fingerprint density at radius 2 is 1.86 bits per heavy atom. The van der Waals surface area contributed by atoms with Crippen molar-refractivity contribution in [3.05, 3.63) is 48.0 Å². The standard InChI is InChI=1S/C18H24N2O/c1-3-7-14-8-5-6-9-17(14)20-15-10-11-16(19)18(13-15)21-12-4-2/h5-6,8-11,13,20H,3-4,7,12,19H2,1-2H3. The number of benzene rings is 2. The first kappa shape index (κ1) is 15.2. The molecule has 3 nitrogen and oxygen atoms in total. The van der Waals surface area contributed by atoms with Crippen molar-refractivity contribution in [1.29, 1.82) is 0 Å². The van der Waals surface area contributed by atoms with E-state index in [0.29, 0.717) is 12.3 Å². The van der Waals surface area contributed by atoms with E-state index in [4.69, 9.17) is 10.5 Å². The maximum Gasteiger partial charge on any atom is 0.144 e. The van der Waals surface area contributed by atoms with Crippen LogP contribution in [0.1, 0.15) is 32.3 Å². The van der Waals surface area contributed by atoms with Gasteiger partial charge in [0.2, 0.25) is 0 Å². The van der Waals surface area contributed by atoms with Gasteiger partial charge in [0.15, 0.2) is 0 Å². The molecule has 3 heteroatoms. The van der Waals surface area contributed by atoms with Gasteiger partial charge in [-0.3, -0.25) is 0 Å². The van der Waals surface area contributed by atoms with Crippen molar-refractivity contribution in [1.82, 2.24) is 0 Å². The fourth-order valence-corrected chi connectivity index (χ4v) is 2.23. The molecule has 0 unspecified atom stereocenters. The van der Waals surface area contributed by atoms with Crippen LogP contribution in [0.25, 0.3) is 0 Å². The molecule has 0 saturated carbocycles. The molecule has 0 aromatic heterocycles. The summed E-state index contributed by atoms with van der Waals surface area (Å²) >= 11 is 0. The third kappa shape index (κ3) is 4.15. The van der Waals surface area contributed by atoms with Crippen LogP contribution < -0.4 is 15.8 Å². The molecule has 2 rings (SSSR count). The first-order valence-corrected chi connectivity index (χ1v) is 7.61. The molecule has 0 amide bonds. The summed E-state index contributed by atoms with van der Waals surface area (Å²) in [6, 6.07) is 14.2. The Morgan fingerprint density at radius 1 is 1.05 bits per heavy atom. The van der Waals surface area contributed by atoms with Crippen LogP contribution in [0, 0.1) is 0 Å². The van der Waals surface area contributed by atoms with Gasteiger partial charge in [0.1, 0.15) is 5.75 Å². The van der Waals surface area contributed by atoms with E-state index in [1.165, 1.54) is 5.56 Å². The van der Waals surface area contributed by atoms with Gasteiger partial charge in [-0.2, -0.15) is 0 Å². The molecule has 3 N–H and O–H groups in total. The van der Waals surface area contributed by atoms with Crippen LogP contribution in [-0.4, -0.2) is 6.61 Å². The summed E-state index contributed by atoms with van der Waals surface area (Å²) in [5.41, 5.74) is 10.1. The monoisotopic (exact) mass is 284 g/mol. The van der Waals surface area contributed by atoms with E-state index >= 15 is 0 Å². The van der Waals surface area contributed by atoms with Gasteiger partial charge in [0, 0.05) is 17.4 Å². The second-order valence-electron chi connectivity index (χ2n) is 5.13. The minimum Gasteiger partial charge on any atom is -0.491 e. The Kier molecular flexibility index (Phi) is 5.50. The zero-order valence-corrected chi connectivity index (χ0v) is 12.9. The molecule has 0 fully saturated rings. The number of nitrogens with two attached hydrogens (primary N) is 1. The topological polar surface area (TPSA) is 47.3 Å². The van der Waals surface area contributed by atoms with Crippen LogP contribution in [0.3, 0.4) is 0 Å². The van der Waals surface area contributed by atoms with Crippen molar-refractivity contribution < 1.29 is 4.74 Å². The van der Waals surface area contributed by atoms with Crippen molar-refractivity contribution in [2.45, 2.75) is 33.1 Å². The van der Waals surface area contributed by atoms with E-state index < -0.39 is 0 Å². The SMILES string of the molecule is CCCOc1cc(Nc2ccccc2CCC)ccc1N. The van der Waals surface area contributed by atoms with E-state index in [0.717, 1.165) is 36.4 Å². The van der Waals surface area contributed by atoms with E-state index in [9.17, 15) is 0 Å². The quantitative estimate of drug-likeness (QED) is 0.721. The van der Waals surface area contributed by atoms with Gasteiger partial charge in [0.25, 0.3) is 0 Å². The average Bonchev–Trinajstić information content (AvgIpc) is 2.50. The van der Waals surface area contributed by atoms with E-state index in [2.05, 4.69) is 37.4 Å². The maximum atomic E-state index is 5.95. The van der Waals surface area contributed by atoms with Crippen LogP contribution >= 0.6 is 0 Å². The second kappa shape index (κ2) is 7.58.